The molecule has 0 unspecified atom stereocenters. The minimum Gasteiger partial charge on any atom is -0.342 e. The molecule has 0 fully saturated rings. The Balaban J connectivity index is 1.27. The molecule has 0 atom stereocenters. The van der Waals surface area contributed by atoms with Crippen molar-refractivity contribution in [1.82, 2.24) is 14.6 Å². The first-order valence-electron chi connectivity index (χ1n) is 12.3. The van der Waals surface area contributed by atoms with Gasteiger partial charge in [0.15, 0.2) is 5.43 Å². The number of rotatable bonds is 6. The summed E-state index contributed by atoms with van der Waals surface area (Å²) in [5, 5.41) is 7.59. The summed E-state index contributed by atoms with van der Waals surface area (Å²) < 4.78 is 3.94. The van der Waals surface area contributed by atoms with Crippen LogP contribution in [0.3, 0.4) is 0 Å². The molecule has 0 aliphatic rings. The fourth-order valence-corrected chi connectivity index (χ4v) is 5.41. The molecule has 1 amide bonds. The van der Waals surface area contributed by atoms with Gasteiger partial charge in [-0.05, 0) is 48.0 Å². The lowest BCUT2D eigenvalue weighted by atomic mass is 10.1. The maximum absolute atomic E-state index is 13.0. The van der Waals surface area contributed by atoms with E-state index in [-0.39, 0.29) is 17.9 Å². The molecular weight excluding hydrogens is 531 g/mol. The molecular formula is C31H22Cl2N4O2. The van der Waals surface area contributed by atoms with E-state index in [9.17, 15) is 9.59 Å². The highest BCUT2D eigenvalue weighted by Crippen LogP contribution is 2.26. The Hall–Kier alpha value is -4.39. The molecule has 192 valence electrons. The van der Waals surface area contributed by atoms with Crippen LogP contribution in [0.25, 0.3) is 32.7 Å². The Morgan fingerprint density at radius 1 is 0.821 bits per heavy atom. The lowest BCUT2D eigenvalue weighted by molar-refractivity contribution is -0.121. The van der Waals surface area contributed by atoms with Crippen LogP contribution in [-0.2, 0) is 17.9 Å². The first-order chi connectivity index (χ1) is 19.0. The normalized spacial score (nSPS) is 11.6. The Morgan fingerprint density at radius 2 is 1.44 bits per heavy atom. The third kappa shape index (κ3) is 4.80. The Kier molecular flexibility index (Phi) is 6.65. The lowest BCUT2D eigenvalue weighted by Crippen LogP contribution is -2.25. The van der Waals surface area contributed by atoms with Crippen molar-refractivity contribution in [3.05, 3.63) is 129 Å². The van der Waals surface area contributed by atoms with E-state index in [1.165, 1.54) is 0 Å². The van der Waals surface area contributed by atoms with Gasteiger partial charge < -0.3 is 9.13 Å². The van der Waals surface area contributed by atoms with Crippen molar-refractivity contribution < 1.29 is 4.79 Å². The number of para-hydroxylation sites is 3. The molecule has 0 aliphatic carbocycles. The highest BCUT2D eigenvalue weighted by atomic mass is 35.5. The van der Waals surface area contributed by atoms with E-state index >= 15 is 0 Å². The number of benzene rings is 4. The van der Waals surface area contributed by atoms with Gasteiger partial charge >= 0.3 is 0 Å². The summed E-state index contributed by atoms with van der Waals surface area (Å²) in [5.74, 6) is -0.304. The molecule has 0 saturated heterocycles. The average Bonchev–Trinajstić information content (AvgIpc) is 3.30. The number of nitrogens with zero attached hydrogens (tertiary/aromatic N) is 3. The van der Waals surface area contributed by atoms with Gasteiger partial charge in [0.2, 0.25) is 0 Å². The number of pyridine rings is 1. The number of carbonyl (C=O) groups is 1. The monoisotopic (exact) mass is 552 g/mol. The van der Waals surface area contributed by atoms with Gasteiger partial charge in [-0.25, -0.2) is 5.43 Å². The van der Waals surface area contributed by atoms with Gasteiger partial charge in [-0.15, -0.1) is 0 Å². The van der Waals surface area contributed by atoms with Gasteiger partial charge in [0.1, 0.15) is 6.54 Å². The number of amides is 1. The highest BCUT2D eigenvalue weighted by Gasteiger charge is 2.13. The SMILES string of the molecule is O=C(Cn1c2ccccc2c(=O)c2ccccc21)NN=Cc1cn(Cc2ccc(Cl)cc2Cl)c2ccccc12. The summed E-state index contributed by atoms with van der Waals surface area (Å²) in [6.07, 6.45) is 3.62. The average molecular weight is 553 g/mol. The lowest BCUT2D eigenvalue weighted by Gasteiger charge is -2.14. The standard InChI is InChI=1S/C31H22Cl2N4O2/c32-22-14-13-20(26(33)15-22)17-36-18-21(23-7-1-4-10-27(23)36)16-34-35-30(38)19-37-28-11-5-2-8-24(28)31(39)25-9-3-6-12-29(25)37/h1-16,18H,17,19H2,(H,35,38). The maximum Gasteiger partial charge on any atom is 0.260 e. The van der Waals surface area contributed by atoms with E-state index < -0.39 is 0 Å². The van der Waals surface area contributed by atoms with Crippen molar-refractivity contribution in [2.75, 3.05) is 0 Å². The topological polar surface area (TPSA) is 68.4 Å². The van der Waals surface area contributed by atoms with Crippen LogP contribution in [0.2, 0.25) is 10.0 Å². The van der Waals surface area contributed by atoms with Gasteiger partial charge in [0.25, 0.3) is 5.91 Å². The van der Waals surface area contributed by atoms with Gasteiger partial charge in [-0.2, -0.15) is 5.10 Å². The van der Waals surface area contributed by atoms with E-state index in [2.05, 4.69) is 15.1 Å². The van der Waals surface area contributed by atoms with Crippen LogP contribution in [-0.4, -0.2) is 21.3 Å². The van der Waals surface area contributed by atoms with Gasteiger partial charge in [-0.1, -0.05) is 71.7 Å². The number of hydrogen-bond acceptors (Lipinski definition) is 3. The Morgan fingerprint density at radius 3 is 2.10 bits per heavy atom. The number of aromatic nitrogens is 2. The van der Waals surface area contributed by atoms with E-state index in [0.29, 0.717) is 38.4 Å². The van der Waals surface area contributed by atoms with Crippen LogP contribution in [0.4, 0.5) is 0 Å². The summed E-state index contributed by atoms with van der Waals surface area (Å²) in [7, 11) is 0. The van der Waals surface area contributed by atoms with Crippen LogP contribution in [0.5, 0.6) is 0 Å². The minimum atomic E-state index is -0.304. The number of halogens is 2. The number of nitrogens with one attached hydrogen (secondary N) is 1. The predicted octanol–water partition coefficient (Wildman–Crippen LogP) is 6.61. The molecule has 0 bridgehead atoms. The highest BCUT2D eigenvalue weighted by molar-refractivity contribution is 6.35. The molecule has 4 aromatic carbocycles. The Bertz CT molecular complexity index is 1910. The molecule has 6 aromatic rings. The fraction of sp³-hybridized carbons (Fsp3) is 0.0645. The summed E-state index contributed by atoms with van der Waals surface area (Å²) in [5.41, 5.74) is 6.81. The van der Waals surface area contributed by atoms with Crippen LogP contribution in [0.1, 0.15) is 11.1 Å². The number of hydrazone groups is 1. The summed E-state index contributed by atoms with van der Waals surface area (Å²) in [6, 6.07) is 28.1. The second-order valence-electron chi connectivity index (χ2n) is 9.21. The maximum atomic E-state index is 13.0. The molecule has 2 heterocycles. The minimum absolute atomic E-state index is 0.00940. The van der Waals surface area contributed by atoms with Crippen molar-refractivity contribution in [3.63, 3.8) is 0 Å². The smallest absolute Gasteiger partial charge is 0.260 e. The van der Waals surface area contributed by atoms with Crippen molar-refractivity contribution >= 4 is 68.0 Å². The predicted molar refractivity (Wildman–Crippen MR) is 159 cm³/mol. The Labute approximate surface area is 233 Å². The van der Waals surface area contributed by atoms with Crippen molar-refractivity contribution in [2.24, 2.45) is 5.10 Å². The molecule has 39 heavy (non-hydrogen) atoms. The van der Waals surface area contributed by atoms with Crippen LogP contribution in [0.15, 0.2) is 107 Å². The number of carbonyl (C=O) groups excluding carboxylic acids is 1. The molecule has 0 spiro atoms. The molecule has 2 aromatic heterocycles. The zero-order valence-corrected chi connectivity index (χ0v) is 22.2. The quantitative estimate of drug-likeness (QED) is 0.143. The summed E-state index contributed by atoms with van der Waals surface area (Å²) in [4.78, 5) is 26.0. The van der Waals surface area contributed by atoms with Gasteiger partial charge in [-0.3, -0.25) is 9.59 Å². The number of hydrogen-bond donors (Lipinski definition) is 1. The zero-order chi connectivity index (χ0) is 26.9. The molecule has 0 radical (unpaired) electrons. The van der Waals surface area contributed by atoms with Crippen LogP contribution < -0.4 is 10.9 Å². The molecule has 0 saturated carbocycles. The molecule has 8 heteroatoms. The van der Waals surface area contributed by atoms with Gasteiger partial charge in [0, 0.05) is 50.0 Å². The first-order valence-corrected chi connectivity index (χ1v) is 13.1. The second-order valence-corrected chi connectivity index (χ2v) is 10.1. The zero-order valence-electron chi connectivity index (χ0n) is 20.6. The van der Waals surface area contributed by atoms with Crippen LogP contribution in [0, 0.1) is 0 Å². The van der Waals surface area contributed by atoms with E-state index in [1.807, 2.05) is 83.6 Å². The summed E-state index contributed by atoms with van der Waals surface area (Å²) >= 11 is 12.5. The van der Waals surface area contributed by atoms with Crippen LogP contribution >= 0.6 is 23.2 Å². The van der Waals surface area contributed by atoms with E-state index in [4.69, 9.17) is 23.2 Å². The molecule has 6 rings (SSSR count). The second kappa shape index (κ2) is 10.4. The van der Waals surface area contributed by atoms with Crippen molar-refractivity contribution in [2.45, 2.75) is 13.1 Å². The molecule has 1 N–H and O–H groups in total. The number of fused-ring (bicyclic) bond motifs is 3. The van der Waals surface area contributed by atoms with E-state index in [0.717, 1.165) is 22.0 Å². The molecule has 0 aliphatic heterocycles. The van der Waals surface area contributed by atoms with E-state index in [1.54, 1.807) is 24.4 Å². The molecule has 6 nitrogen and oxygen atoms in total. The third-order valence-electron chi connectivity index (χ3n) is 6.75. The largest absolute Gasteiger partial charge is 0.342 e. The fourth-order valence-electron chi connectivity index (χ4n) is 4.94. The van der Waals surface area contributed by atoms with Crippen molar-refractivity contribution in [3.8, 4) is 0 Å². The van der Waals surface area contributed by atoms with Crippen molar-refractivity contribution in [1.29, 1.82) is 0 Å². The first kappa shape index (κ1) is 24.9. The van der Waals surface area contributed by atoms with Gasteiger partial charge in [0.05, 0.1) is 17.2 Å². The third-order valence-corrected chi connectivity index (χ3v) is 7.34. The summed E-state index contributed by atoms with van der Waals surface area (Å²) in [6.45, 7) is 0.568.